The van der Waals surface area contributed by atoms with Gasteiger partial charge in [0.05, 0.1) is 24.5 Å². The summed E-state index contributed by atoms with van der Waals surface area (Å²) in [5, 5.41) is 3.44. The van der Waals surface area contributed by atoms with E-state index in [1.54, 1.807) is 0 Å². The predicted molar refractivity (Wildman–Crippen MR) is 138 cm³/mol. The number of carbonyl (C=O) groups is 1. The first-order valence-electron chi connectivity index (χ1n) is 12.8. The third kappa shape index (κ3) is 4.30. The summed E-state index contributed by atoms with van der Waals surface area (Å²) in [6.45, 7) is 10.3. The number of likely N-dealkylation sites (tertiary alicyclic amines) is 2. The number of piperidine rings is 1. The van der Waals surface area contributed by atoms with Crippen molar-refractivity contribution >= 4 is 23.1 Å². The second kappa shape index (κ2) is 9.71. The molecule has 1 amide bonds. The van der Waals surface area contributed by atoms with Crippen molar-refractivity contribution in [2.24, 2.45) is 0 Å². The van der Waals surface area contributed by atoms with Gasteiger partial charge in [-0.3, -0.25) is 9.69 Å². The molecule has 1 N–H and O–H groups in total. The Hall–Kier alpha value is -3.17. The minimum atomic E-state index is -0.215. The van der Waals surface area contributed by atoms with E-state index in [2.05, 4.69) is 26.7 Å². The molecule has 1 aromatic carbocycles. The Kier molecular flexibility index (Phi) is 6.27. The van der Waals surface area contributed by atoms with E-state index in [-0.39, 0.29) is 19.1 Å². The number of nitrogens with zero attached hydrogens (tertiary/aromatic N) is 4. The average molecular weight is 496 g/mol. The summed E-state index contributed by atoms with van der Waals surface area (Å²) in [5.74, 6) is 1.20. The third-order valence-corrected chi connectivity index (χ3v) is 7.94. The highest BCUT2D eigenvalue weighted by Gasteiger charge is 2.36. The molecule has 6 rings (SSSR count). The number of amides is 1. The van der Waals surface area contributed by atoms with Crippen LogP contribution < -0.4 is 15.0 Å². The number of hydrogen-bond donors (Lipinski definition) is 1. The van der Waals surface area contributed by atoms with Gasteiger partial charge in [0.15, 0.2) is 0 Å². The van der Waals surface area contributed by atoms with Crippen LogP contribution in [0.5, 0.6) is 5.75 Å². The number of fused-ring (bicyclic) bond motifs is 2. The largest absolute Gasteiger partial charge is 0.486 e. The van der Waals surface area contributed by atoms with E-state index in [1.807, 2.05) is 23.2 Å². The molecular weight excluding hydrogens is 461 g/mol. The second-order valence-electron chi connectivity index (χ2n) is 9.95. The van der Waals surface area contributed by atoms with Crippen molar-refractivity contribution in [1.29, 1.82) is 0 Å². The van der Waals surface area contributed by atoms with Gasteiger partial charge in [0.1, 0.15) is 24.0 Å². The van der Waals surface area contributed by atoms with Crippen LogP contribution in [0.1, 0.15) is 31.3 Å². The van der Waals surface area contributed by atoms with Crippen LogP contribution >= 0.6 is 0 Å². The van der Waals surface area contributed by atoms with Gasteiger partial charge in [-0.1, -0.05) is 6.58 Å². The number of benzene rings is 1. The van der Waals surface area contributed by atoms with E-state index in [4.69, 9.17) is 9.47 Å². The molecule has 0 spiro atoms. The van der Waals surface area contributed by atoms with Crippen LogP contribution in [0, 0.1) is 5.82 Å². The Morgan fingerprint density at radius 2 is 1.97 bits per heavy atom. The van der Waals surface area contributed by atoms with Crippen LogP contribution in [-0.2, 0) is 16.1 Å². The van der Waals surface area contributed by atoms with E-state index >= 15 is 4.39 Å². The molecule has 192 valence electrons. The number of anilines is 3. The van der Waals surface area contributed by atoms with Gasteiger partial charge in [0, 0.05) is 51.6 Å². The number of hydrogen-bond acceptors (Lipinski definition) is 7. The van der Waals surface area contributed by atoms with E-state index in [0.717, 1.165) is 80.4 Å². The van der Waals surface area contributed by atoms with Gasteiger partial charge in [0.25, 0.3) is 0 Å². The molecule has 9 heteroatoms. The molecule has 0 atom stereocenters. The van der Waals surface area contributed by atoms with Crippen LogP contribution in [0.2, 0.25) is 0 Å². The molecule has 3 saturated heterocycles. The molecule has 0 radical (unpaired) electrons. The molecular formula is C27H34FN5O3. The van der Waals surface area contributed by atoms with Gasteiger partial charge in [0.2, 0.25) is 5.91 Å². The molecule has 36 heavy (non-hydrogen) atoms. The van der Waals surface area contributed by atoms with Crippen molar-refractivity contribution < 1.29 is 20.1 Å². The Morgan fingerprint density at radius 3 is 2.72 bits per heavy atom. The van der Waals surface area contributed by atoms with Gasteiger partial charge in [-0.15, -0.1) is 0 Å². The van der Waals surface area contributed by atoms with Crippen LogP contribution in [-0.4, -0.2) is 79.2 Å². The summed E-state index contributed by atoms with van der Waals surface area (Å²) >= 11 is 0. The summed E-state index contributed by atoms with van der Waals surface area (Å²) in [6.07, 6.45) is 4.96. The number of halogens is 1. The molecule has 3 fully saturated rings. The van der Waals surface area contributed by atoms with Crippen molar-refractivity contribution in [1.82, 2.24) is 14.8 Å². The minimum absolute atomic E-state index is 0. The molecule has 1 aromatic heterocycles. The first-order valence-corrected chi connectivity index (χ1v) is 12.8. The molecule has 2 aromatic rings. The lowest BCUT2D eigenvalue weighted by Gasteiger charge is -2.47. The van der Waals surface area contributed by atoms with Crippen molar-refractivity contribution in [2.75, 3.05) is 62.7 Å². The van der Waals surface area contributed by atoms with Crippen molar-refractivity contribution in [2.45, 2.75) is 31.4 Å². The zero-order chi connectivity index (χ0) is 24.6. The molecule has 0 aliphatic carbocycles. The number of carbonyl (C=O) groups excluding carboxylic acids is 1. The van der Waals surface area contributed by atoms with Crippen molar-refractivity contribution in [3.63, 3.8) is 0 Å². The Bertz CT molecular complexity index is 1160. The number of nitrogens with one attached hydrogen (secondary N) is 1. The number of ether oxygens (including phenoxy) is 2. The summed E-state index contributed by atoms with van der Waals surface area (Å²) < 4.78 is 26.9. The SMILES string of the molecule is C=CC(=O)N1CC(N2CCC(c3cc4c(cc3F)OCc3c(N5CCOCC5)ccnc3N4)CC2)C1.[HH]. The highest BCUT2D eigenvalue weighted by atomic mass is 19.1. The fourth-order valence-electron chi connectivity index (χ4n) is 5.78. The number of pyridine rings is 1. The standard InChI is InChI=1S/C27H32FN5O3.H2/c1-2-26(34)33-15-19(16-33)31-7-4-18(5-8-31)20-13-23-25(14-22(20)28)36-17-21-24(3-6-29-27(21)30-23)32-9-11-35-12-10-32;/h2-3,6,13-14,18-19H,1,4-5,7-12,15-17H2,(H,29,30);1H. The van der Waals surface area contributed by atoms with Gasteiger partial charge in [-0.2, -0.15) is 0 Å². The first kappa shape index (κ1) is 23.2. The van der Waals surface area contributed by atoms with Crippen LogP contribution in [0.25, 0.3) is 0 Å². The van der Waals surface area contributed by atoms with Crippen molar-refractivity contribution in [3.8, 4) is 5.75 Å². The third-order valence-electron chi connectivity index (χ3n) is 7.94. The minimum Gasteiger partial charge on any atom is -0.486 e. The van der Waals surface area contributed by atoms with E-state index in [1.165, 1.54) is 12.1 Å². The van der Waals surface area contributed by atoms with Crippen LogP contribution in [0.4, 0.5) is 21.6 Å². The predicted octanol–water partition coefficient (Wildman–Crippen LogP) is 3.52. The fourth-order valence-corrected chi connectivity index (χ4v) is 5.78. The maximum Gasteiger partial charge on any atom is 0.246 e. The number of aromatic nitrogens is 1. The number of rotatable bonds is 4. The summed E-state index contributed by atoms with van der Waals surface area (Å²) in [4.78, 5) is 22.9. The molecule has 0 saturated carbocycles. The quantitative estimate of drug-likeness (QED) is 0.651. The van der Waals surface area contributed by atoms with Crippen molar-refractivity contribution in [3.05, 3.63) is 54.0 Å². The van der Waals surface area contributed by atoms with Gasteiger partial charge in [-0.25, -0.2) is 9.37 Å². The summed E-state index contributed by atoms with van der Waals surface area (Å²) in [5.41, 5.74) is 3.56. The van der Waals surface area contributed by atoms with E-state index in [0.29, 0.717) is 31.6 Å². The first-order chi connectivity index (χ1) is 17.6. The molecule has 0 bridgehead atoms. The lowest BCUT2D eigenvalue weighted by atomic mass is 9.87. The molecule has 4 aliphatic rings. The van der Waals surface area contributed by atoms with Gasteiger partial charge < -0.3 is 24.6 Å². The molecule has 0 unspecified atom stereocenters. The zero-order valence-corrected chi connectivity index (χ0v) is 20.4. The van der Waals surface area contributed by atoms with Gasteiger partial charge in [-0.05, 0) is 55.6 Å². The molecule has 5 heterocycles. The average Bonchev–Trinajstić information content (AvgIpc) is 3.07. The fraction of sp³-hybridized carbons (Fsp3) is 0.481. The Balaban J connectivity index is 0.00000280. The number of morpholine rings is 1. The van der Waals surface area contributed by atoms with E-state index in [9.17, 15) is 4.79 Å². The summed E-state index contributed by atoms with van der Waals surface area (Å²) in [7, 11) is 0. The Labute approximate surface area is 212 Å². The maximum absolute atomic E-state index is 15.3. The highest BCUT2D eigenvalue weighted by molar-refractivity contribution is 5.87. The molecule has 8 nitrogen and oxygen atoms in total. The topological polar surface area (TPSA) is 70.2 Å². The summed E-state index contributed by atoms with van der Waals surface area (Å²) in [6, 6.07) is 5.84. The molecule has 4 aliphatic heterocycles. The highest BCUT2D eigenvalue weighted by Crippen LogP contribution is 2.41. The maximum atomic E-state index is 15.3. The monoisotopic (exact) mass is 495 g/mol. The van der Waals surface area contributed by atoms with Crippen LogP contribution in [0.3, 0.4) is 0 Å². The normalized spacial score (nSPS) is 20.9. The second-order valence-corrected chi connectivity index (χ2v) is 9.95. The van der Waals surface area contributed by atoms with Gasteiger partial charge >= 0.3 is 0 Å². The lowest BCUT2D eigenvalue weighted by molar-refractivity contribution is -0.133. The smallest absolute Gasteiger partial charge is 0.246 e. The van der Waals surface area contributed by atoms with E-state index < -0.39 is 0 Å². The van der Waals surface area contributed by atoms with Crippen LogP contribution in [0.15, 0.2) is 37.1 Å². The zero-order valence-electron chi connectivity index (χ0n) is 20.4. The Morgan fingerprint density at radius 1 is 1.19 bits per heavy atom. The lowest BCUT2D eigenvalue weighted by Crippen LogP contribution is -2.61.